The van der Waals surface area contributed by atoms with Crippen LogP contribution in [-0.4, -0.2) is 29.3 Å². The fourth-order valence-corrected chi connectivity index (χ4v) is 3.78. The van der Waals surface area contributed by atoms with Gasteiger partial charge < -0.3 is 10.6 Å². The quantitative estimate of drug-likeness (QED) is 0.619. The molecule has 152 valence electrons. The van der Waals surface area contributed by atoms with Gasteiger partial charge in [-0.3, -0.25) is 14.5 Å². The number of imide groups is 1. The minimum absolute atomic E-state index is 0.128. The molecule has 2 N–H and O–H groups in total. The number of fused-ring (bicyclic) bond motifs is 1. The lowest BCUT2D eigenvalue weighted by Gasteiger charge is -2.24. The third kappa shape index (κ3) is 3.37. The predicted octanol–water partition coefficient (Wildman–Crippen LogP) is 4.04. The molecule has 1 unspecified atom stereocenters. The maximum Gasteiger partial charge on any atom is 0.325 e. The number of hydrogen-bond donors (Lipinski definition) is 2. The fourth-order valence-electron chi connectivity index (χ4n) is 3.61. The van der Waals surface area contributed by atoms with Crippen LogP contribution in [0.15, 0.2) is 60.7 Å². The molecule has 1 saturated heterocycles. The number of benzene rings is 3. The van der Waals surface area contributed by atoms with E-state index in [1.807, 2.05) is 30.3 Å². The maximum atomic E-state index is 13.9. The van der Waals surface area contributed by atoms with Crippen LogP contribution in [0.25, 0.3) is 10.8 Å². The van der Waals surface area contributed by atoms with Crippen molar-refractivity contribution in [3.05, 3.63) is 77.1 Å². The molecule has 1 aliphatic rings. The molecule has 6 nitrogen and oxygen atoms in total. The van der Waals surface area contributed by atoms with Crippen LogP contribution in [0, 0.1) is 5.82 Å². The molecule has 4 amide bonds. The summed E-state index contributed by atoms with van der Waals surface area (Å²) in [5.74, 6) is -1.96. The van der Waals surface area contributed by atoms with Crippen LogP contribution in [0.5, 0.6) is 0 Å². The van der Waals surface area contributed by atoms with Crippen molar-refractivity contribution in [2.75, 3.05) is 11.9 Å². The first-order chi connectivity index (χ1) is 14.3. The van der Waals surface area contributed by atoms with Gasteiger partial charge in [-0.25, -0.2) is 9.18 Å². The average Bonchev–Trinajstić information content (AvgIpc) is 2.94. The van der Waals surface area contributed by atoms with Crippen LogP contribution in [0.4, 0.5) is 14.9 Å². The lowest BCUT2D eigenvalue weighted by molar-refractivity contribution is -0.133. The summed E-state index contributed by atoms with van der Waals surface area (Å²) in [6, 6.07) is 16.0. The molecule has 1 fully saturated rings. The first-order valence-electron chi connectivity index (χ1n) is 9.17. The summed E-state index contributed by atoms with van der Waals surface area (Å²) in [5, 5.41) is 7.02. The second kappa shape index (κ2) is 7.42. The van der Waals surface area contributed by atoms with E-state index in [0.29, 0.717) is 5.56 Å². The molecule has 0 aliphatic carbocycles. The van der Waals surface area contributed by atoms with Crippen molar-refractivity contribution in [3.63, 3.8) is 0 Å². The number of rotatable bonds is 4. The number of nitrogens with zero attached hydrogens (tertiary/aromatic N) is 1. The Kier molecular flexibility index (Phi) is 4.91. The van der Waals surface area contributed by atoms with Crippen LogP contribution in [0.3, 0.4) is 0 Å². The highest BCUT2D eigenvalue weighted by Gasteiger charge is 2.50. The van der Waals surface area contributed by atoms with E-state index in [9.17, 15) is 18.8 Å². The van der Waals surface area contributed by atoms with Crippen molar-refractivity contribution in [2.24, 2.45) is 0 Å². The summed E-state index contributed by atoms with van der Waals surface area (Å²) in [5.41, 5.74) is -0.835. The molecule has 4 rings (SSSR count). The highest BCUT2D eigenvalue weighted by Crippen LogP contribution is 2.33. The first-order valence-corrected chi connectivity index (χ1v) is 9.54. The Morgan fingerprint density at radius 1 is 1.13 bits per heavy atom. The molecule has 1 atom stereocenters. The monoisotopic (exact) mass is 425 g/mol. The Morgan fingerprint density at radius 3 is 2.67 bits per heavy atom. The SMILES string of the molecule is CC1(c2cccc3ccccc23)NC(=O)N(CC(=O)Nc2cc(Cl)ccc2F)C1=O. The summed E-state index contributed by atoms with van der Waals surface area (Å²) in [4.78, 5) is 38.9. The highest BCUT2D eigenvalue weighted by molar-refractivity contribution is 6.31. The van der Waals surface area contributed by atoms with Gasteiger partial charge in [-0.05, 0) is 41.5 Å². The summed E-state index contributed by atoms with van der Waals surface area (Å²) in [6.07, 6.45) is 0. The van der Waals surface area contributed by atoms with E-state index in [0.717, 1.165) is 21.7 Å². The normalized spacial score (nSPS) is 18.6. The molecular weight excluding hydrogens is 409 g/mol. The molecule has 1 aliphatic heterocycles. The molecule has 3 aromatic rings. The molecule has 0 bridgehead atoms. The summed E-state index contributed by atoms with van der Waals surface area (Å²) < 4.78 is 13.9. The van der Waals surface area contributed by atoms with Gasteiger partial charge in [0.15, 0.2) is 0 Å². The van der Waals surface area contributed by atoms with Gasteiger partial charge in [-0.15, -0.1) is 0 Å². The summed E-state index contributed by atoms with van der Waals surface area (Å²) in [6.45, 7) is 1.04. The van der Waals surface area contributed by atoms with Gasteiger partial charge in [0.2, 0.25) is 5.91 Å². The predicted molar refractivity (Wildman–Crippen MR) is 112 cm³/mol. The molecule has 0 radical (unpaired) electrons. The zero-order valence-electron chi connectivity index (χ0n) is 15.9. The highest BCUT2D eigenvalue weighted by atomic mass is 35.5. The Balaban J connectivity index is 1.59. The zero-order chi connectivity index (χ0) is 21.5. The van der Waals surface area contributed by atoms with Crippen LogP contribution >= 0.6 is 11.6 Å². The van der Waals surface area contributed by atoms with Gasteiger partial charge in [0, 0.05) is 5.02 Å². The van der Waals surface area contributed by atoms with Gasteiger partial charge in [-0.1, -0.05) is 54.1 Å². The number of hydrogen-bond acceptors (Lipinski definition) is 3. The van der Waals surface area contributed by atoms with Gasteiger partial charge in [0.05, 0.1) is 5.69 Å². The maximum absolute atomic E-state index is 13.9. The largest absolute Gasteiger partial charge is 0.325 e. The van der Waals surface area contributed by atoms with Crippen molar-refractivity contribution in [3.8, 4) is 0 Å². The van der Waals surface area contributed by atoms with E-state index in [2.05, 4.69) is 10.6 Å². The van der Waals surface area contributed by atoms with E-state index in [1.54, 1.807) is 19.1 Å². The molecule has 0 aromatic heterocycles. The minimum atomic E-state index is -1.33. The van der Waals surface area contributed by atoms with Crippen molar-refractivity contribution >= 4 is 45.9 Å². The molecule has 1 heterocycles. The fraction of sp³-hybridized carbons (Fsp3) is 0.136. The lowest BCUT2D eigenvalue weighted by atomic mass is 9.88. The Hall–Kier alpha value is -3.45. The number of halogens is 2. The Bertz CT molecular complexity index is 1190. The zero-order valence-corrected chi connectivity index (χ0v) is 16.7. The minimum Gasteiger partial charge on any atom is -0.322 e. The summed E-state index contributed by atoms with van der Waals surface area (Å²) in [7, 11) is 0. The molecule has 3 aromatic carbocycles. The number of carbonyl (C=O) groups excluding carboxylic acids is 3. The first kappa shape index (κ1) is 19.8. The van der Waals surface area contributed by atoms with Crippen molar-refractivity contribution < 1.29 is 18.8 Å². The number of urea groups is 1. The van der Waals surface area contributed by atoms with E-state index in [-0.39, 0.29) is 10.7 Å². The van der Waals surface area contributed by atoms with Crippen LogP contribution in [-0.2, 0) is 15.1 Å². The standard InChI is InChI=1S/C22H17ClFN3O3/c1-22(16-8-4-6-13-5-2-3-7-15(13)16)20(29)27(21(30)26-22)12-19(28)25-18-11-14(23)9-10-17(18)24/h2-11H,12H2,1H3,(H,25,28)(H,26,30). The molecule has 8 heteroatoms. The number of anilines is 1. The van der Waals surface area contributed by atoms with Crippen molar-refractivity contribution in [1.82, 2.24) is 10.2 Å². The number of nitrogens with one attached hydrogen (secondary N) is 2. The van der Waals surface area contributed by atoms with Crippen LogP contribution < -0.4 is 10.6 Å². The van der Waals surface area contributed by atoms with Gasteiger partial charge >= 0.3 is 6.03 Å². The smallest absolute Gasteiger partial charge is 0.322 e. The second-order valence-electron chi connectivity index (χ2n) is 7.15. The Labute approximate surface area is 176 Å². The van der Waals surface area contributed by atoms with Crippen LogP contribution in [0.1, 0.15) is 12.5 Å². The molecule has 0 spiro atoms. The number of carbonyl (C=O) groups is 3. The molecule has 0 saturated carbocycles. The lowest BCUT2D eigenvalue weighted by Crippen LogP contribution is -2.42. The van der Waals surface area contributed by atoms with Crippen LogP contribution in [0.2, 0.25) is 5.02 Å². The van der Waals surface area contributed by atoms with Gasteiger partial charge in [0.1, 0.15) is 17.9 Å². The van der Waals surface area contributed by atoms with Crippen molar-refractivity contribution in [1.29, 1.82) is 0 Å². The van der Waals surface area contributed by atoms with Gasteiger partial charge in [0.25, 0.3) is 5.91 Å². The summed E-state index contributed by atoms with van der Waals surface area (Å²) >= 11 is 5.82. The Morgan fingerprint density at radius 2 is 1.87 bits per heavy atom. The topological polar surface area (TPSA) is 78.5 Å². The molecule has 30 heavy (non-hydrogen) atoms. The third-order valence-electron chi connectivity index (χ3n) is 5.11. The average molecular weight is 426 g/mol. The molecular formula is C22H17ClFN3O3. The number of amides is 4. The van der Waals surface area contributed by atoms with E-state index < -0.39 is 35.7 Å². The van der Waals surface area contributed by atoms with E-state index in [4.69, 9.17) is 11.6 Å². The van der Waals surface area contributed by atoms with E-state index in [1.165, 1.54) is 12.1 Å². The van der Waals surface area contributed by atoms with Crippen molar-refractivity contribution in [2.45, 2.75) is 12.5 Å². The second-order valence-corrected chi connectivity index (χ2v) is 7.58. The van der Waals surface area contributed by atoms with E-state index >= 15 is 0 Å². The third-order valence-corrected chi connectivity index (χ3v) is 5.34. The van der Waals surface area contributed by atoms with Gasteiger partial charge in [-0.2, -0.15) is 0 Å².